The minimum Gasteiger partial charge on any atom is -0.306 e. The van der Waals surface area contributed by atoms with E-state index in [4.69, 9.17) is 0 Å². The number of hydrogen-bond acceptors (Lipinski definition) is 1. The van der Waals surface area contributed by atoms with E-state index in [1.54, 1.807) is 11.1 Å². The molecule has 1 heteroatoms. The summed E-state index contributed by atoms with van der Waals surface area (Å²) in [5, 5.41) is 0. The third-order valence-corrected chi connectivity index (χ3v) is 4.44. The average molecular weight is 213 g/mol. The quantitative estimate of drug-likeness (QED) is 0.640. The van der Waals surface area contributed by atoms with Gasteiger partial charge in [0, 0.05) is 5.41 Å². The maximum Gasteiger partial charge on any atom is 0.0192 e. The van der Waals surface area contributed by atoms with Crippen molar-refractivity contribution in [2.75, 3.05) is 20.1 Å². The van der Waals surface area contributed by atoms with Gasteiger partial charge in [-0.25, -0.2) is 0 Å². The molecule has 0 bridgehead atoms. The molecule has 16 heavy (non-hydrogen) atoms. The molecule has 1 heterocycles. The summed E-state index contributed by atoms with van der Waals surface area (Å²) in [5.41, 5.74) is 4.95. The number of piperidine rings is 1. The smallest absolute Gasteiger partial charge is 0.0192 e. The lowest BCUT2D eigenvalue weighted by molar-refractivity contribution is 0.213. The maximum atomic E-state index is 2.44. The van der Waals surface area contributed by atoms with Gasteiger partial charge in [0.1, 0.15) is 0 Å². The van der Waals surface area contributed by atoms with Crippen molar-refractivity contribution >= 4 is 6.08 Å². The molecule has 84 valence electrons. The van der Waals surface area contributed by atoms with Crippen LogP contribution in [0.1, 0.15) is 30.9 Å². The van der Waals surface area contributed by atoms with Gasteiger partial charge in [-0.3, -0.25) is 0 Å². The summed E-state index contributed by atoms with van der Waals surface area (Å²) >= 11 is 0. The second-order valence-electron chi connectivity index (χ2n) is 5.30. The van der Waals surface area contributed by atoms with Crippen LogP contribution in [0.2, 0.25) is 0 Å². The molecule has 0 amide bonds. The molecule has 0 N–H and O–H groups in total. The van der Waals surface area contributed by atoms with Crippen LogP contribution in [0.4, 0.5) is 0 Å². The van der Waals surface area contributed by atoms with E-state index in [0.717, 1.165) is 0 Å². The van der Waals surface area contributed by atoms with Crippen molar-refractivity contribution in [3.05, 3.63) is 41.0 Å². The molecular formula is C15H19N. The lowest BCUT2D eigenvalue weighted by atomic mass is 9.71. The van der Waals surface area contributed by atoms with E-state index < -0.39 is 0 Å². The van der Waals surface area contributed by atoms with E-state index in [1.165, 1.54) is 31.5 Å². The van der Waals surface area contributed by atoms with Crippen LogP contribution in [-0.2, 0) is 5.41 Å². The van der Waals surface area contributed by atoms with E-state index in [2.05, 4.69) is 49.2 Å². The Morgan fingerprint density at radius 3 is 2.56 bits per heavy atom. The average Bonchev–Trinajstić information content (AvgIpc) is 2.57. The summed E-state index contributed by atoms with van der Waals surface area (Å²) in [6.45, 7) is 4.75. The van der Waals surface area contributed by atoms with Crippen molar-refractivity contribution in [3.63, 3.8) is 0 Å². The summed E-state index contributed by atoms with van der Waals surface area (Å²) in [6.07, 6.45) is 4.95. The van der Waals surface area contributed by atoms with E-state index >= 15 is 0 Å². The van der Waals surface area contributed by atoms with E-state index in [0.29, 0.717) is 5.41 Å². The fourth-order valence-electron chi connectivity index (χ4n) is 3.31. The van der Waals surface area contributed by atoms with Crippen LogP contribution in [0.5, 0.6) is 0 Å². The molecular weight excluding hydrogens is 194 g/mol. The van der Waals surface area contributed by atoms with Gasteiger partial charge in [0.05, 0.1) is 0 Å². The van der Waals surface area contributed by atoms with Crippen LogP contribution >= 0.6 is 0 Å². The highest BCUT2D eigenvalue weighted by Gasteiger charge is 2.40. The predicted molar refractivity (Wildman–Crippen MR) is 68.5 cm³/mol. The number of likely N-dealkylation sites (tertiary alicyclic amines) is 1. The minimum absolute atomic E-state index is 0.364. The highest BCUT2D eigenvalue weighted by molar-refractivity contribution is 5.69. The van der Waals surface area contributed by atoms with Crippen LogP contribution in [0.25, 0.3) is 6.08 Å². The summed E-state index contributed by atoms with van der Waals surface area (Å²) in [5.74, 6) is 0. The molecule has 1 nitrogen and oxygen atoms in total. The molecule has 1 spiro atoms. The second-order valence-corrected chi connectivity index (χ2v) is 5.30. The molecule has 0 atom stereocenters. The third-order valence-electron chi connectivity index (χ3n) is 4.44. The van der Waals surface area contributed by atoms with Gasteiger partial charge in [0.25, 0.3) is 0 Å². The monoisotopic (exact) mass is 213 g/mol. The van der Waals surface area contributed by atoms with E-state index in [1.807, 2.05) is 0 Å². The molecule has 1 aliphatic carbocycles. The van der Waals surface area contributed by atoms with Crippen molar-refractivity contribution in [3.8, 4) is 0 Å². The molecule has 3 rings (SSSR count). The van der Waals surface area contributed by atoms with Crippen molar-refractivity contribution in [2.45, 2.75) is 25.2 Å². The maximum absolute atomic E-state index is 2.44. The molecule has 0 aromatic heterocycles. The van der Waals surface area contributed by atoms with Crippen LogP contribution in [0.3, 0.4) is 0 Å². The van der Waals surface area contributed by atoms with Crippen LogP contribution in [0, 0.1) is 0 Å². The summed E-state index contributed by atoms with van der Waals surface area (Å²) in [6, 6.07) is 8.92. The topological polar surface area (TPSA) is 3.24 Å². The lowest BCUT2D eigenvalue weighted by Gasteiger charge is -2.40. The molecule has 1 aromatic carbocycles. The second kappa shape index (κ2) is 3.46. The molecule has 1 aliphatic heterocycles. The van der Waals surface area contributed by atoms with Crippen LogP contribution < -0.4 is 0 Å². The van der Waals surface area contributed by atoms with Crippen molar-refractivity contribution in [1.82, 2.24) is 4.90 Å². The van der Waals surface area contributed by atoms with E-state index in [9.17, 15) is 0 Å². The first kappa shape index (κ1) is 10.1. The molecule has 0 radical (unpaired) electrons. The summed E-state index contributed by atoms with van der Waals surface area (Å²) in [7, 11) is 2.23. The van der Waals surface area contributed by atoms with Gasteiger partial charge in [-0.15, -0.1) is 0 Å². The van der Waals surface area contributed by atoms with Gasteiger partial charge >= 0.3 is 0 Å². The number of fused-ring (bicyclic) bond motifs is 2. The highest BCUT2D eigenvalue weighted by atomic mass is 15.1. The van der Waals surface area contributed by atoms with Gasteiger partial charge < -0.3 is 4.90 Å². The van der Waals surface area contributed by atoms with Gasteiger partial charge in [-0.2, -0.15) is 0 Å². The Bertz CT molecular complexity index is 437. The van der Waals surface area contributed by atoms with Gasteiger partial charge in [0.2, 0.25) is 0 Å². The largest absolute Gasteiger partial charge is 0.306 e. The highest BCUT2D eigenvalue weighted by Crippen LogP contribution is 2.48. The minimum atomic E-state index is 0.364. The Balaban J connectivity index is 2.05. The zero-order valence-electron chi connectivity index (χ0n) is 10.2. The summed E-state index contributed by atoms with van der Waals surface area (Å²) in [4.78, 5) is 2.44. The summed E-state index contributed by atoms with van der Waals surface area (Å²) < 4.78 is 0. The van der Waals surface area contributed by atoms with Crippen molar-refractivity contribution < 1.29 is 0 Å². The zero-order chi connectivity index (χ0) is 11.2. The first-order valence-electron chi connectivity index (χ1n) is 6.19. The Hall–Kier alpha value is -1.08. The molecule has 2 aliphatic rings. The van der Waals surface area contributed by atoms with E-state index in [-0.39, 0.29) is 0 Å². The van der Waals surface area contributed by atoms with Gasteiger partial charge in [0.15, 0.2) is 0 Å². The molecule has 0 saturated carbocycles. The van der Waals surface area contributed by atoms with Crippen molar-refractivity contribution in [2.24, 2.45) is 0 Å². The Morgan fingerprint density at radius 2 is 1.81 bits per heavy atom. The predicted octanol–water partition coefficient (Wildman–Crippen LogP) is 3.07. The van der Waals surface area contributed by atoms with Gasteiger partial charge in [-0.05, 0) is 51.0 Å². The number of hydrogen-bond donors (Lipinski definition) is 0. The molecule has 1 aromatic rings. The standard InChI is InChI=1S/C15H19N/c1-12-11-13-5-3-4-6-14(13)15(12)7-9-16(2)10-8-15/h3-6,11H,7-10H2,1-2H3. The van der Waals surface area contributed by atoms with Gasteiger partial charge in [-0.1, -0.05) is 35.9 Å². The Kier molecular flexibility index (Phi) is 2.18. The first-order valence-corrected chi connectivity index (χ1v) is 6.19. The fraction of sp³-hybridized carbons (Fsp3) is 0.467. The normalized spacial score (nSPS) is 23.2. The molecule has 1 fully saturated rings. The zero-order valence-corrected chi connectivity index (χ0v) is 10.2. The molecule has 1 saturated heterocycles. The van der Waals surface area contributed by atoms with Crippen molar-refractivity contribution in [1.29, 1.82) is 0 Å². The Labute approximate surface area is 97.8 Å². The fourth-order valence-corrected chi connectivity index (χ4v) is 3.31. The Morgan fingerprint density at radius 1 is 1.12 bits per heavy atom. The third kappa shape index (κ3) is 1.28. The first-order chi connectivity index (χ1) is 7.72. The number of benzene rings is 1. The number of allylic oxidation sites excluding steroid dienone is 1. The van der Waals surface area contributed by atoms with Crippen LogP contribution in [0.15, 0.2) is 29.8 Å². The lowest BCUT2D eigenvalue weighted by Crippen LogP contribution is -2.40. The van der Waals surface area contributed by atoms with Crippen LogP contribution in [-0.4, -0.2) is 25.0 Å². The number of rotatable bonds is 0. The number of nitrogens with zero attached hydrogens (tertiary/aromatic N) is 1. The molecule has 0 unspecified atom stereocenters. The SMILES string of the molecule is CC1=Cc2ccccc2C12CCN(C)CC2.